The summed E-state index contributed by atoms with van der Waals surface area (Å²) in [6.07, 6.45) is 4.15. The van der Waals surface area contributed by atoms with E-state index in [1.54, 1.807) is 9.13 Å². The summed E-state index contributed by atoms with van der Waals surface area (Å²) < 4.78 is 3.42. The first-order chi connectivity index (χ1) is 11.5. The van der Waals surface area contributed by atoms with Gasteiger partial charge < -0.3 is 4.90 Å². The zero-order chi connectivity index (χ0) is 17.3. The number of rotatable bonds is 4. The van der Waals surface area contributed by atoms with Gasteiger partial charge in [0.2, 0.25) is 5.91 Å². The van der Waals surface area contributed by atoms with Crippen LogP contribution in [0.1, 0.15) is 46.5 Å². The number of carbonyl (C=O) groups is 1. The molecule has 1 amide bonds. The first kappa shape index (κ1) is 16.8. The number of likely N-dealkylation sites (tertiary alicyclic amines) is 1. The normalized spacial score (nSPS) is 21.4. The van der Waals surface area contributed by atoms with Gasteiger partial charge in [-0.15, -0.1) is 0 Å². The fraction of sp³-hybridized carbons (Fsp3) is 0.579. The highest BCUT2D eigenvalue weighted by Gasteiger charge is 2.29. The Morgan fingerprint density at radius 1 is 1.08 bits per heavy atom. The van der Waals surface area contributed by atoms with Gasteiger partial charge in [0, 0.05) is 18.6 Å². The zero-order valence-electron chi connectivity index (χ0n) is 14.9. The molecule has 1 aliphatic rings. The molecule has 0 aliphatic carbocycles. The van der Waals surface area contributed by atoms with Crippen molar-refractivity contribution in [2.75, 3.05) is 0 Å². The topological polar surface area (TPSA) is 47.2 Å². The predicted molar refractivity (Wildman–Crippen MR) is 96.1 cm³/mol. The number of aryl methyl sites for hydroxylation is 1. The third-order valence-electron chi connectivity index (χ3n) is 5.15. The summed E-state index contributed by atoms with van der Waals surface area (Å²) in [6, 6.07) is 8.25. The van der Waals surface area contributed by atoms with Crippen LogP contribution in [-0.2, 0) is 17.9 Å². The SMILES string of the molecule is CCCn1c(=O)n(CC(=O)N2C(C)CCCC2C)c2ccccc21. The van der Waals surface area contributed by atoms with E-state index in [1.807, 2.05) is 29.2 Å². The van der Waals surface area contributed by atoms with Crippen LogP contribution in [0.3, 0.4) is 0 Å². The van der Waals surface area contributed by atoms with E-state index in [1.165, 1.54) is 6.42 Å². The summed E-state index contributed by atoms with van der Waals surface area (Å²) in [5.74, 6) is 0.0520. The standard InChI is InChI=1S/C19H27N3O2/c1-4-12-20-16-10-5-6-11-17(16)21(19(20)24)13-18(23)22-14(2)8-7-9-15(22)3/h5-6,10-11,14-15H,4,7-9,12-13H2,1-3H3. The number of amides is 1. The maximum absolute atomic E-state index is 12.9. The zero-order valence-corrected chi connectivity index (χ0v) is 14.9. The van der Waals surface area contributed by atoms with E-state index < -0.39 is 0 Å². The van der Waals surface area contributed by atoms with Gasteiger partial charge in [0.1, 0.15) is 6.54 Å². The van der Waals surface area contributed by atoms with Crippen LogP contribution >= 0.6 is 0 Å². The second-order valence-electron chi connectivity index (χ2n) is 6.94. The molecule has 1 aliphatic heterocycles. The lowest BCUT2D eigenvalue weighted by Crippen LogP contribution is -2.49. The molecule has 0 saturated carbocycles. The Kier molecular flexibility index (Phi) is 4.78. The molecule has 24 heavy (non-hydrogen) atoms. The number of hydrogen-bond donors (Lipinski definition) is 0. The molecule has 2 atom stereocenters. The highest BCUT2D eigenvalue weighted by molar-refractivity contribution is 5.81. The second kappa shape index (κ2) is 6.83. The number of benzene rings is 1. The van der Waals surface area contributed by atoms with E-state index in [2.05, 4.69) is 20.8 Å². The van der Waals surface area contributed by atoms with Crippen molar-refractivity contribution in [3.05, 3.63) is 34.7 Å². The molecule has 1 saturated heterocycles. The van der Waals surface area contributed by atoms with Gasteiger partial charge in [-0.3, -0.25) is 13.9 Å². The van der Waals surface area contributed by atoms with E-state index in [-0.39, 0.29) is 30.2 Å². The predicted octanol–water partition coefficient (Wildman–Crippen LogP) is 3.00. The summed E-state index contributed by atoms with van der Waals surface area (Å²) >= 11 is 0. The molecular weight excluding hydrogens is 302 g/mol. The smallest absolute Gasteiger partial charge is 0.329 e. The van der Waals surface area contributed by atoms with Crippen LogP contribution in [-0.4, -0.2) is 32.0 Å². The molecule has 130 valence electrons. The van der Waals surface area contributed by atoms with Gasteiger partial charge in [-0.05, 0) is 51.7 Å². The lowest BCUT2D eigenvalue weighted by atomic mass is 9.97. The van der Waals surface area contributed by atoms with Gasteiger partial charge in [0.15, 0.2) is 0 Å². The molecular formula is C19H27N3O2. The number of piperidine rings is 1. The number of nitrogens with zero attached hydrogens (tertiary/aromatic N) is 3. The number of fused-ring (bicyclic) bond motifs is 1. The maximum Gasteiger partial charge on any atom is 0.329 e. The van der Waals surface area contributed by atoms with Crippen LogP contribution in [0.4, 0.5) is 0 Å². The third-order valence-corrected chi connectivity index (χ3v) is 5.15. The van der Waals surface area contributed by atoms with Crippen molar-refractivity contribution < 1.29 is 4.79 Å². The number of imidazole rings is 1. The molecule has 1 fully saturated rings. The molecule has 2 aromatic rings. The summed E-state index contributed by atoms with van der Waals surface area (Å²) in [5.41, 5.74) is 1.68. The van der Waals surface area contributed by atoms with Crippen molar-refractivity contribution in [2.45, 2.75) is 71.6 Å². The van der Waals surface area contributed by atoms with Gasteiger partial charge in [-0.1, -0.05) is 19.1 Å². The molecule has 5 nitrogen and oxygen atoms in total. The summed E-state index contributed by atoms with van der Waals surface area (Å²) in [4.78, 5) is 27.7. The van der Waals surface area contributed by atoms with Crippen LogP contribution in [0.2, 0.25) is 0 Å². The van der Waals surface area contributed by atoms with Crippen molar-refractivity contribution in [3.8, 4) is 0 Å². The Labute approximate surface area is 142 Å². The minimum Gasteiger partial charge on any atom is -0.336 e. The molecule has 3 rings (SSSR count). The number of carbonyl (C=O) groups excluding carboxylic acids is 1. The first-order valence-corrected chi connectivity index (χ1v) is 9.03. The van der Waals surface area contributed by atoms with Crippen LogP contribution < -0.4 is 5.69 Å². The first-order valence-electron chi connectivity index (χ1n) is 9.03. The number of aromatic nitrogens is 2. The lowest BCUT2D eigenvalue weighted by Gasteiger charge is -2.39. The van der Waals surface area contributed by atoms with Gasteiger partial charge in [-0.2, -0.15) is 0 Å². The van der Waals surface area contributed by atoms with Crippen molar-refractivity contribution in [1.29, 1.82) is 0 Å². The maximum atomic E-state index is 12.9. The summed E-state index contributed by atoms with van der Waals surface area (Å²) in [7, 11) is 0. The molecule has 2 heterocycles. The number of hydrogen-bond acceptors (Lipinski definition) is 2. The highest BCUT2D eigenvalue weighted by Crippen LogP contribution is 2.23. The fourth-order valence-corrected chi connectivity index (χ4v) is 3.99. The Morgan fingerprint density at radius 3 is 2.25 bits per heavy atom. The Hall–Kier alpha value is -2.04. The average Bonchev–Trinajstić information content (AvgIpc) is 2.81. The van der Waals surface area contributed by atoms with Gasteiger partial charge in [0.25, 0.3) is 0 Å². The van der Waals surface area contributed by atoms with Crippen molar-refractivity contribution >= 4 is 16.9 Å². The Morgan fingerprint density at radius 2 is 1.67 bits per heavy atom. The van der Waals surface area contributed by atoms with Gasteiger partial charge in [-0.25, -0.2) is 4.79 Å². The third kappa shape index (κ3) is 2.87. The molecule has 1 aromatic heterocycles. The van der Waals surface area contributed by atoms with Gasteiger partial charge in [0.05, 0.1) is 11.0 Å². The van der Waals surface area contributed by atoms with Crippen LogP contribution in [0, 0.1) is 0 Å². The monoisotopic (exact) mass is 329 g/mol. The van der Waals surface area contributed by atoms with E-state index in [4.69, 9.17) is 0 Å². The largest absolute Gasteiger partial charge is 0.336 e. The molecule has 0 radical (unpaired) electrons. The molecule has 5 heteroatoms. The molecule has 0 spiro atoms. The summed E-state index contributed by atoms with van der Waals surface area (Å²) in [5, 5.41) is 0. The van der Waals surface area contributed by atoms with Gasteiger partial charge >= 0.3 is 5.69 Å². The Balaban J connectivity index is 1.96. The molecule has 0 N–H and O–H groups in total. The summed E-state index contributed by atoms with van der Waals surface area (Å²) in [6.45, 7) is 7.08. The molecule has 2 unspecified atom stereocenters. The van der Waals surface area contributed by atoms with E-state index in [9.17, 15) is 9.59 Å². The average molecular weight is 329 g/mol. The minimum absolute atomic E-state index is 0.0520. The lowest BCUT2D eigenvalue weighted by molar-refractivity contribution is -0.137. The molecule has 1 aromatic carbocycles. The quantitative estimate of drug-likeness (QED) is 0.866. The van der Waals surface area contributed by atoms with Crippen LogP contribution in [0.15, 0.2) is 29.1 Å². The second-order valence-corrected chi connectivity index (χ2v) is 6.94. The fourth-order valence-electron chi connectivity index (χ4n) is 3.99. The van der Waals surface area contributed by atoms with Crippen molar-refractivity contribution in [1.82, 2.24) is 14.0 Å². The Bertz CT molecular complexity index is 779. The molecule has 0 bridgehead atoms. The van der Waals surface area contributed by atoms with Crippen molar-refractivity contribution in [2.24, 2.45) is 0 Å². The van der Waals surface area contributed by atoms with E-state index in [0.717, 1.165) is 30.3 Å². The van der Waals surface area contributed by atoms with Crippen LogP contribution in [0.5, 0.6) is 0 Å². The minimum atomic E-state index is -0.0799. The van der Waals surface area contributed by atoms with Crippen molar-refractivity contribution in [3.63, 3.8) is 0 Å². The highest BCUT2D eigenvalue weighted by atomic mass is 16.2. The number of para-hydroxylation sites is 2. The van der Waals surface area contributed by atoms with E-state index >= 15 is 0 Å². The van der Waals surface area contributed by atoms with Crippen LogP contribution in [0.25, 0.3) is 11.0 Å². The van der Waals surface area contributed by atoms with E-state index in [0.29, 0.717) is 6.54 Å².